The van der Waals surface area contributed by atoms with Crippen molar-refractivity contribution in [2.24, 2.45) is 0 Å². The molecular formula is C20H20N2O5. The molecule has 0 saturated carbocycles. The van der Waals surface area contributed by atoms with Gasteiger partial charge in [0.15, 0.2) is 6.10 Å². The summed E-state index contributed by atoms with van der Waals surface area (Å²) in [6, 6.07) is 11.9. The van der Waals surface area contributed by atoms with Crippen molar-refractivity contribution in [2.45, 2.75) is 20.0 Å². The van der Waals surface area contributed by atoms with E-state index in [1.807, 2.05) is 6.92 Å². The summed E-state index contributed by atoms with van der Waals surface area (Å²) in [5, 5.41) is 2.71. The number of aryl methyl sites for hydroxylation is 1. The van der Waals surface area contributed by atoms with Crippen LogP contribution in [-0.4, -0.2) is 37.5 Å². The number of fused-ring (bicyclic) bond motifs is 1. The van der Waals surface area contributed by atoms with Crippen molar-refractivity contribution in [3.63, 3.8) is 0 Å². The molecule has 2 aromatic rings. The highest BCUT2D eigenvalue weighted by Gasteiger charge is 2.31. The Morgan fingerprint density at radius 3 is 2.67 bits per heavy atom. The van der Waals surface area contributed by atoms with Crippen LogP contribution < -0.4 is 15.0 Å². The van der Waals surface area contributed by atoms with E-state index < -0.39 is 18.0 Å². The summed E-state index contributed by atoms with van der Waals surface area (Å²) in [5.41, 5.74) is 2.29. The van der Waals surface area contributed by atoms with Gasteiger partial charge in [-0.05, 0) is 43.7 Å². The van der Waals surface area contributed by atoms with Crippen LogP contribution in [0, 0.1) is 6.92 Å². The Kier molecular flexibility index (Phi) is 5.12. The molecule has 0 saturated heterocycles. The number of hydrogen-bond donors (Lipinski definition) is 1. The van der Waals surface area contributed by atoms with Gasteiger partial charge in [-0.1, -0.05) is 18.2 Å². The van der Waals surface area contributed by atoms with Crippen molar-refractivity contribution in [3.8, 4) is 5.75 Å². The smallest absolute Gasteiger partial charge is 0.339 e. The quantitative estimate of drug-likeness (QED) is 0.839. The normalized spacial score (nSPS) is 14.0. The highest BCUT2D eigenvalue weighted by Crippen LogP contribution is 2.29. The Morgan fingerprint density at radius 1 is 1.19 bits per heavy atom. The first-order valence-corrected chi connectivity index (χ1v) is 8.46. The number of para-hydroxylation sites is 2. The molecule has 140 valence electrons. The third-order valence-corrected chi connectivity index (χ3v) is 4.31. The Morgan fingerprint density at radius 2 is 1.93 bits per heavy atom. The molecular weight excluding hydrogens is 348 g/mol. The van der Waals surface area contributed by atoms with Crippen molar-refractivity contribution >= 4 is 29.2 Å². The van der Waals surface area contributed by atoms with Gasteiger partial charge in [0.05, 0.1) is 24.0 Å². The number of ether oxygens (including phenoxy) is 2. The molecule has 0 aromatic heterocycles. The molecule has 0 fully saturated rings. The Labute approximate surface area is 156 Å². The standard InChI is InChI=1S/C20H20N2O5/c1-12-8-9-14(10-17(12)26-3)20(25)27-13(2)19(24)22-11-18(23)21-15-6-4-5-7-16(15)22/h4-10,13H,11H2,1-3H3,(H,21,23)/t13-/m0/s1. The van der Waals surface area contributed by atoms with E-state index >= 15 is 0 Å². The van der Waals surface area contributed by atoms with Crippen LogP contribution in [0.4, 0.5) is 11.4 Å². The lowest BCUT2D eigenvalue weighted by Crippen LogP contribution is -2.47. The average Bonchev–Trinajstić information content (AvgIpc) is 2.66. The summed E-state index contributed by atoms with van der Waals surface area (Å²) in [6.45, 7) is 3.22. The lowest BCUT2D eigenvalue weighted by Gasteiger charge is -2.30. The Balaban J connectivity index is 1.76. The fourth-order valence-corrected chi connectivity index (χ4v) is 2.88. The van der Waals surface area contributed by atoms with Crippen molar-refractivity contribution in [1.29, 1.82) is 0 Å². The van der Waals surface area contributed by atoms with E-state index in [0.717, 1.165) is 5.56 Å². The molecule has 0 spiro atoms. The van der Waals surface area contributed by atoms with Crippen LogP contribution in [0.1, 0.15) is 22.8 Å². The molecule has 1 heterocycles. The van der Waals surface area contributed by atoms with E-state index in [2.05, 4.69) is 5.32 Å². The second-order valence-corrected chi connectivity index (χ2v) is 6.22. The minimum Gasteiger partial charge on any atom is -0.496 e. The lowest BCUT2D eigenvalue weighted by molar-refractivity contribution is -0.128. The van der Waals surface area contributed by atoms with E-state index in [1.54, 1.807) is 42.5 Å². The average molecular weight is 368 g/mol. The highest BCUT2D eigenvalue weighted by atomic mass is 16.5. The first-order chi connectivity index (χ1) is 12.9. The van der Waals surface area contributed by atoms with E-state index in [-0.39, 0.29) is 18.0 Å². The summed E-state index contributed by atoms with van der Waals surface area (Å²) in [5.74, 6) is -0.845. The number of amides is 2. The summed E-state index contributed by atoms with van der Waals surface area (Å²) >= 11 is 0. The topological polar surface area (TPSA) is 84.9 Å². The summed E-state index contributed by atoms with van der Waals surface area (Å²) in [7, 11) is 1.52. The first-order valence-electron chi connectivity index (χ1n) is 8.46. The van der Waals surface area contributed by atoms with E-state index in [9.17, 15) is 14.4 Å². The van der Waals surface area contributed by atoms with Gasteiger partial charge >= 0.3 is 5.97 Å². The van der Waals surface area contributed by atoms with Crippen LogP contribution >= 0.6 is 0 Å². The van der Waals surface area contributed by atoms with Crippen molar-refractivity contribution in [3.05, 3.63) is 53.6 Å². The Hall–Kier alpha value is -3.35. The number of esters is 1. The summed E-state index contributed by atoms with van der Waals surface area (Å²) in [4.78, 5) is 38.4. The first kappa shape index (κ1) is 18.4. The minimum atomic E-state index is -1.05. The molecule has 7 heteroatoms. The van der Waals surface area contributed by atoms with Gasteiger partial charge in [-0.25, -0.2) is 4.79 Å². The minimum absolute atomic E-state index is 0.129. The predicted molar refractivity (Wildman–Crippen MR) is 100 cm³/mol. The molecule has 0 radical (unpaired) electrons. The maximum Gasteiger partial charge on any atom is 0.339 e. The van der Waals surface area contributed by atoms with Crippen LogP contribution in [0.25, 0.3) is 0 Å². The SMILES string of the molecule is COc1cc(C(=O)O[C@@H](C)C(=O)N2CC(=O)Nc3ccccc32)ccc1C. The number of nitrogens with one attached hydrogen (secondary N) is 1. The fourth-order valence-electron chi connectivity index (χ4n) is 2.88. The van der Waals surface area contributed by atoms with Gasteiger partial charge in [0.1, 0.15) is 12.3 Å². The molecule has 27 heavy (non-hydrogen) atoms. The number of nitrogens with zero attached hydrogens (tertiary/aromatic N) is 1. The second kappa shape index (κ2) is 7.49. The largest absolute Gasteiger partial charge is 0.496 e. The molecule has 1 N–H and O–H groups in total. The third kappa shape index (κ3) is 3.76. The lowest BCUT2D eigenvalue weighted by atomic mass is 10.1. The van der Waals surface area contributed by atoms with Crippen LogP contribution in [-0.2, 0) is 14.3 Å². The predicted octanol–water partition coefficient (Wildman–Crippen LogP) is 2.53. The molecule has 1 aliphatic rings. The number of benzene rings is 2. The number of hydrogen-bond acceptors (Lipinski definition) is 5. The maximum absolute atomic E-state index is 12.8. The zero-order valence-electron chi connectivity index (χ0n) is 15.3. The fraction of sp³-hybridized carbons (Fsp3) is 0.250. The van der Waals surface area contributed by atoms with E-state index in [1.165, 1.54) is 18.9 Å². The van der Waals surface area contributed by atoms with Crippen molar-refractivity contribution in [2.75, 3.05) is 23.9 Å². The molecule has 2 aromatic carbocycles. The molecule has 0 bridgehead atoms. The van der Waals surface area contributed by atoms with Gasteiger partial charge in [0.2, 0.25) is 5.91 Å². The molecule has 1 atom stereocenters. The number of carbonyl (C=O) groups excluding carboxylic acids is 3. The van der Waals surface area contributed by atoms with Gasteiger partial charge in [0.25, 0.3) is 5.91 Å². The molecule has 2 amide bonds. The Bertz CT molecular complexity index is 909. The highest BCUT2D eigenvalue weighted by molar-refractivity contribution is 6.11. The van der Waals surface area contributed by atoms with Gasteiger partial charge in [-0.2, -0.15) is 0 Å². The number of anilines is 2. The van der Waals surface area contributed by atoms with E-state index in [4.69, 9.17) is 9.47 Å². The number of carbonyl (C=O) groups is 3. The van der Waals surface area contributed by atoms with Crippen LogP contribution in [0.5, 0.6) is 5.75 Å². The third-order valence-electron chi connectivity index (χ3n) is 4.31. The van der Waals surface area contributed by atoms with Crippen LogP contribution in [0.2, 0.25) is 0 Å². The van der Waals surface area contributed by atoms with Gasteiger partial charge < -0.3 is 14.8 Å². The van der Waals surface area contributed by atoms with Crippen molar-refractivity contribution in [1.82, 2.24) is 0 Å². The maximum atomic E-state index is 12.8. The van der Waals surface area contributed by atoms with Crippen LogP contribution in [0.15, 0.2) is 42.5 Å². The summed E-state index contributed by atoms with van der Waals surface area (Å²) < 4.78 is 10.5. The zero-order chi connectivity index (χ0) is 19.6. The number of methoxy groups -OCH3 is 1. The van der Waals surface area contributed by atoms with Gasteiger partial charge in [-0.15, -0.1) is 0 Å². The monoisotopic (exact) mass is 368 g/mol. The summed E-state index contributed by atoms with van der Waals surface area (Å²) in [6.07, 6.45) is -1.05. The number of rotatable bonds is 4. The molecule has 0 unspecified atom stereocenters. The van der Waals surface area contributed by atoms with Crippen molar-refractivity contribution < 1.29 is 23.9 Å². The zero-order valence-corrected chi connectivity index (χ0v) is 15.3. The second-order valence-electron chi connectivity index (χ2n) is 6.22. The van der Waals surface area contributed by atoms with Gasteiger partial charge in [-0.3, -0.25) is 14.5 Å². The molecule has 3 rings (SSSR count). The van der Waals surface area contributed by atoms with Gasteiger partial charge in [0, 0.05) is 0 Å². The van der Waals surface area contributed by atoms with E-state index in [0.29, 0.717) is 17.1 Å². The molecule has 0 aliphatic carbocycles. The molecule has 7 nitrogen and oxygen atoms in total. The van der Waals surface area contributed by atoms with Crippen LogP contribution in [0.3, 0.4) is 0 Å². The molecule has 1 aliphatic heterocycles.